The summed E-state index contributed by atoms with van der Waals surface area (Å²) in [6.07, 6.45) is 64.4. The lowest BCUT2D eigenvalue weighted by molar-refractivity contribution is -0.359. The first kappa shape index (κ1) is 83.8. The molecule has 9 N–H and O–H groups in total. The molecule has 12 unspecified atom stereocenters. The van der Waals surface area contributed by atoms with E-state index in [0.29, 0.717) is 6.42 Å². The Hall–Kier alpha value is -2.31. The fourth-order valence-corrected chi connectivity index (χ4v) is 12.3. The number of aliphatic hydroxyl groups is 8. The lowest BCUT2D eigenvalue weighted by Crippen LogP contribution is -2.65. The number of carbonyl (C=O) groups excluding carboxylic acids is 1. The number of ether oxygens (including phenoxy) is 4. The fourth-order valence-electron chi connectivity index (χ4n) is 12.3. The van der Waals surface area contributed by atoms with E-state index < -0.39 is 86.8 Å². The average molecular weight is 1270 g/mol. The molecule has 0 aromatic rings. The largest absolute Gasteiger partial charge is 0.394 e. The highest BCUT2D eigenvalue weighted by Gasteiger charge is 2.51. The first-order chi connectivity index (χ1) is 44.1. The Morgan fingerprint density at radius 3 is 1.18 bits per heavy atom. The summed E-state index contributed by atoms with van der Waals surface area (Å²) in [5.41, 5.74) is 0. The van der Waals surface area contributed by atoms with E-state index >= 15 is 0 Å². The summed E-state index contributed by atoms with van der Waals surface area (Å²) in [5.74, 6) is -0.234. The van der Waals surface area contributed by atoms with E-state index in [2.05, 4.69) is 67.8 Å². The molecule has 12 atom stereocenters. The van der Waals surface area contributed by atoms with Crippen molar-refractivity contribution in [3.05, 3.63) is 60.8 Å². The van der Waals surface area contributed by atoms with Gasteiger partial charge in [0.25, 0.3) is 0 Å². The summed E-state index contributed by atoms with van der Waals surface area (Å²) in [4.78, 5) is 13.3. The van der Waals surface area contributed by atoms with E-state index in [1.165, 1.54) is 231 Å². The van der Waals surface area contributed by atoms with Crippen LogP contribution in [-0.4, -0.2) is 140 Å². The van der Waals surface area contributed by atoms with Crippen LogP contribution >= 0.6 is 0 Å². The van der Waals surface area contributed by atoms with Gasteiger partial charge in [0.05, 0.1) is 32.0 Å². The maximum absolute atomic E-state index is 13.3. The van der Waals surface area contributed by atoms with Crippen LogP contribution in [0.1, 0.15) is 322 Å². The predicted molar refractivity (Wildman–Crippen MR) is 369 cm³/mol. The molecule has 0 radical (unpaired) electrons. The molecule has 2 heterocycles. The Kier molecular flexibility index (Phi) is 56.2. The molecule has 90 heavy (non-hydrogen) atoms. The second kappa shape index (κ2) is 60.4. The molecule has 0 saturated carbocycles. The second-order valence-corrected chi connectivity index (χ2v) is 26.4. The Morgan fingerprint density at radius 1 is 0.411 bits per heavy atom. The van der Waals surface area contributed by atoms with Gasteiger partial charge in [-0.1, -0.05) is 319 Å². The molecule has 2 rings (SSSR count). The van der Waals surface area contributed by atoms with Crippen molar-refractivity contribution >= 4 is 5.91 Å². The molecule has 0 bridgehead atoms. The van der Waals surface area contributed by atoms with Gasteiger partial charge in [0.2, 0.25) is 5.91 Å². The topological polar surface area (TPSA) is 228 Å². The third-order valence-corrected chi connectivity index (χ3v) is 18.2. The van der Waals surface area contributed by atoms with Gasteiger partial charge in [-0.05, 0) is 57.8 Å². The van der Waals surface area contributed by atoms with Gasteiger partial charge < -0.3 is 65.1 Å². The van der Waals surface area contributed by atoms with Crippen molar-refractivity contribution < 1.29 is 64.6 Å². The quantitative estimate of drug-likeness (QED) is 0.0204. The number of hydrogen-bond acceptors (Lipinski definition) is 13. The Bertz CT molecular complexity index is 1740. The van der Waals surface area contributed by atoms with Crippen molar-refractivity contribution in [3.63, 3.8) is 0 Å². The summed E-state index contributed by atoms with van der Waals surface area (Å²) < 4.78 is 22.9. The van der Waals surface area contributed by atoms with E-state index in [-0.39, 0.29) is 18.9 Å². The van der Waals surface area contributed by atoms with Crippen LogP contribution in [-0.2, 0) is 23.7 Å². The van der Waals surface area contributed by atoms with Crippen molar-refractivity contribution in [2.75, 3.05) is 19.8 Å². The maximum Gasteiger partial charge on any atom is 0.220 e. The lowest BCUT2D eigenvalue weighted by atomic mass is 9.97. The minimum atomic E-state index is -1.79. The number of allylic oxidation sites excluding steroid dienone is 9. The molecule has 526 valence electrons. The molecule has 1 amide bonds. The van der Waals surface area contributed by atoms with Crippen molar-refractivity contribution in [1.82, 2.24) is 5.32 Å². The van der Waals surface area contributed by atoms with Crippen LogP contribution < -0.4 is 5.32 Å². The zero-order valence-corrected chi connectivity index (χ0v) is 57.4. The third-order valence-electron chi connectivity index (χ3n) is 18.2. The lowest BCUT2D eigenvalue weighted by Gasteiger charge is -2.46. The van der Waals surface area contributed by atoms with Crippen LogP contribution in [0, 0.1) is 0 Å². The summed E-state index contributed by atoms with van der Waals surface area (Å²) in [6.45, 7) is 2.73. The molecule has 0 aliphatic carbocycles. The van der Waals surface area contributed by atoms with Gasteiger partial charge in [0, 0.05) is 6.42 Å². The molecule has 14 nitrogen and oxygen atoms in total. The van der Waals surface area contributed by atoms with Gasteiger partial charge in [0.15, 0.2) is 12.6 Å². The van der Waals surface area contributed by atoms with Crippen LogP contribution in [0.15, 0.2) is 60.8 Å². The van der Waals surface area contributed by atoms with E-state index in [9.17, 15) is 45.6 Å². The van der Waals surface area contributed by atoms with Crippen molar-refractivity contribution in [2.24, 2.45) is 0 Å². The number of amides is 1. The van der Waals surface area contributed by atoms with Gasteiger partial charge in [-0.3, -0.25) is 4.79 Å². The number of nitrogens with one attached hydrogen (secondary N) is 1. The number of unbranched alkanes of at least 4 members (excludes halogenated alkanes) is 41. The summed E-state index contributed by atoms with van der Waals surface area (Å²) in [5, 5.41) is 87.5. The number of hydrogen-bond donors (Lipinski definition) is 9. The molecular formula is C76H139NO13. The minimum absolute atomic E-state index is 0.234. The van der Waals surface area contributed by atoms with Crippen LogP contribution in [0.4, 0.5) is 0 Å². The number of aliphatic hydroxyl groups excluding tert-OH is 8. The summed E-state index contributed by atoms with van der Waals surface area (Å²) in [7, 11) is 0. The highest BCUT2D eigenvalue weighted by Crippen LogP contribution is 2.30. The van der Waals surface area contributed by atoms with Crippen LogP contribution in [0.5, 0.6) is 0 Å². The number of rotatable bonds is 62. The highest BCUT2D eigenvalue weighted by atomic mass is 16.7. The SMILES string of the molecule is CC/C=C\C/C=C\C/C=C\C/C=C\CCCCCCCCCCCCCCCCCCCCCCCCCCC(=O)NC(COC1OC(CO)C(OC2OC(CO)C(O)C(O)C2O)C(O)C1O)C(O)/C=C/CCCCCCCCCCCCCCCCCCC. The molecular weight excluding hydrogens is 1130 g/mol. The monoisotopic (exact) mass is 1270 g/mol. The van der Waals surface area contributed by atoms with Gasteiger partial charge in [-0.15, -0.1) is 0 Å². The third kappa shape index (κ3) is 43.6. The van der Waals surface area contributed by atoms with Crippen LogP contribution in [0.3, 0.4) is 0 Å². The summed E-state index contributed by atoms with van der Waals surface area (Å²) in [6, 6.07) is -0.915. The molecule has 0 aromatic heterocycles. The predicted octanol–water partition coefficient (Wildman–Crippen LogP) is 16.0. The standard InChI is InChI=1S/C76H139NO13/c1-3-5-7-9-11-13-15-17-19-21-23-24-25-26-27-28-29-30-31-32-33-34-35-36-37-38-39-40-42-44-46-48-50-52-54-56-58-60-68(81)77-64(65(80)59-57-55-53-51-49-47-45-43-41-22-20-18-16-14-12-10-8-6-4-2)63-87-75-73(86)71(84)74(67(62-79)89-75)90-76-72(85)70(83)69(82)66(61-78)88-76/h5,7,11,13,17,19,23-24,57,59,64-67,69-76,78-80,82-86H,3-4,6,8-10,12,14-16,18,20-22,25-56,58,60-63H2,1-2H3,(H,77,81)/b7-5-,13-11-,19-17-,24-23-,59-57+. The normalized spacial score (nSPS) is 23.2. The van der Waals surface area contributed by atoms with E-state index in [4.69, 9.17) is 18.9 Å². The Balaban J connectivity index is 1.59. The van der Waals surface area contributed by atoms with E-state index in [1.807, 2.05) is 6.08 Å². The Labute approximate surface area is 549 Å². The zero-order chi connectivity index (χ0) is 65.2. The second-order valence-electron chi connectivity index (χ2n) is 26.4. The van der Waals surface area contributed by atoms with Crippen molar-refractivity contribution in [3.8, 4) is 0 Å². The van der Waals surface area contributed by atoms with Gasteiger partial charge in [-0.25, -0.2) is 0 Å². The Morgan fingerprint density at radius 2 is 0.767 bits per heavy atom. The van der Waals surface area contributed by atoms with E-state index in [0.717, 1.165) is 64.2 Å². The molecule has 2 fully saturated rings. The average Bonchev–Trinajstić information content (AvgIpc) is 1.58. The van der Waals surface area contributed by atoms with Crippen LogP contribution in [0.25, 0.3) is 0 Å². The highest BCUT2D eigenvalue weighted by molar-refractivity contribution is 5.76. The van der Waals surface area contributed by atoms with Gasteiger partial charge >= 0.3 is 0 Å². The van der Waals surface area contributed by atoms with Crippen LogP contribution in [0.2, 0.25) is 0 Å². The molecule has 2 saturated heterocycles. The molecule has 2 aliphatic heterocycles. The summed E-state index contributed by atoms with van der Waals surface area (Å²) >= 11 is 0. The van der Waals surface area contributed by atoms with Crippen molar-refractivity contribution in [2.45, 2.75) is 396 Å². The number of carbonyl (C=O) groups is 1. The fraction of sp³-hybridized carbons (Fsp3) is 0.855. The molecule has 0 spiro atoms. The van der Waals surface area contributed by atoms with Crippen molar-refractivity contribution in [1.29, 1.82) is 0 Å². The maximum atomic E-state index is 13.3. The van der Waals surface area contributed by atoms with E-state index in [1.54, 1.807) is 6.08 Å². The molecule has 14 heteroatoms. The first-order valence-electron chi connectivity index (χ1n) is 37.5. The first-order valence-corrected chi connectivity index (χ1v) is 37.5. The molecule has 2 aliphatic rings. The van der Waals surface area contributed by atoms with Gasteiger partial charge in [-0.2, -0.15) is 0 Å². The zero-order valence-electron chi connectivity index (χ0n) is 57.4. The van der Waals surface area contributed by atoms with Gasteiger partial charge in [0.1, 0.15) is 48.8 Å². The smallest absolute Gasteiger partial charge is 0.220 e. The minimum Gasteiger partial charge on any atom is -0.394 e. The molecule has 0 aromatic carbocycles.